The third kappa shape index (κ3) is 2.42. The molecule has 0 bridgehead atoms. The quantitative estimate of drug-likeness (QED) is 0.926. The highest BCUT2D eigenvalue weighted by Crippen LogP contribution is 2.30. The molecule has 5 nitrogen and oxygen atoms in total. The SMILES string of the molecule is Cc1ncsc1C(=O)N1CCCc2cc(C(=O)O)ccc21. The van der Waals surface area contributed by atoms with Crippen LogP contribution >= 0.6 is 11.3 Å². The number of benzene rings is 1. The number of aromatic carboxylic acids is 1. The first kappa shape index (κ1) is 13.8. The summed E-state index contributed by atoms with van der Waals surface area (Å²) in [6.45, 7) is 2.47. The summed E-state index contributed by atoms with van der Waals surface area (Å²) < 4.78 is 0. The number of nitrogens with zero attached hydrogens (tertiary/aromatic N) is 2. The van der Waals surface area contributed by atoms with E-state index in [2.05, 4.69) is 4.98 Å². The highest BCUT2D eigenvalue weighted by Gasteiger charge is 2.26. The molecule has 1 amide bonds. The Balaban J connectivity index is 1.99. The number of aryl methyl sites for hydroxylation is 2. The van der Waals surface area contributed by atoms with Crippen molar-refractivity contribution in [2.24, 2.45) is 0 Å². The van der Waals surface area contributed by atoms with Crippen LogP contribution in [0.5, 0.6) is 0 Å². The highest BCUT2D eigenvalue weighted by atomic mass is 32.1. The molecule has 21 heavy (non-hydrogen) atoms. The second-order valence-corrected chi connectivity index (χ2v) is 5.83. The fourth-order valence-electron chi connectivity index (χ4n) is 2.57. The number of rotatable bonds is 2. The van der Waals surface area contributed by atoms with Gasteiger partial charge in [-0.15, -0.1) is 11.3 Å². The normalized spacial score (nSPS) is 13.9. The van der Waals surface area contributed by atoms with Crippen molar-refractivity contribution in [3.8, 4) is 0 Å². The van der Waals surface area contributed by atoms with Gasteiger partial charge in [0, 0.05) is 12.2 Å². The summed E-state index contributed by atoms with van der Waals surface area (Å²) in [6.07, 6.45) is 1.63. The predicted molar refractivity (Wildman–Crippen MR) is 80.2 cm³/mol. The molecule has 3 rings (SSSR count). The second-order valence-electron chi connectivity index (χ2n) is 4.98. The first-order valence-corrected chi connectivity index (χ1v) is 7.54. The number of carbonyl (C=O) groups is 2. The van der Waals surface area contributed by atoms with Crippen LogP contribution in [-0.2, 0) is 6.42 Å². The van der Waals surface area contributed by atoms with Crippen LogP contribution in [-0.4, -0.2) is 28.5 Å². The fourth-order valence-corrected chi connectivity index (χ4v) is 3.32. The van der Waals surface area contributed by atoms with Crippen LogP contribution in [0.3, 0.4) is 0 Å². The molecule has 1 aromatic heterocycles. The van der Waals surface area contributed by atoms with Gasteiger partial charge in [-0.25, -0.2) is 9.78 Å². The molecule has 0 saturated heterocycles. The van der Waals surface area contributed by atoms with Crippen molar-refractivity contribution in [3.63, 3.8) is 0 Å². The third-order valence-corrected chi connectivity index (χ3v) is 4.55. The molecule has 0 aliphatic carbocycles. The van der Waals surface area contributed by atoms with Crippen molar-refractivity contribution in [3.05, 3.63) is 45.4 Å². The Kier molecular flexibility index (Phi) is 3.47. The molecule has 1 aliphatic rings. The molecule has 1 N–H and O–H groups in total. The Labute approximate surface area is 125 Å². The molecule has 0 fully saturated rings. The maximum atomic E-state index is 12.6. The summed E-state index contributed by atoms with van der Waals surface area (Å²) >= 11 is 1.34. The van der Waals surface area contributed by atoms with E-state index in [4.69, 9.17) is 5.11 Å². The minimum atomic E-state index is -0.945. The van der Waals surface area contributed by atoms with E-state index in [-0.39, 0.29) is 11.5 Å². The molecule has 1 aromatic carbocycles. The van der Waals surface area contributed by atoms with Gasteiger partial charge >= 0.3 is 5.97 Å². The van der Waals surface area contributed by atoms with E-state index >= 15 is 0 Å². The zero-order chi connectivity index (χ0) is 15.0. The summed E-state index contributed by atoms with van der Waals surface area (Å²) in [6, 6.07) is 4.94. The predicted octanol–water partition coefficient (Wildman–Crippen LogP) is 2.74. The maximum absolute atomic E-state index is 12.6. The molecule has 0 radical (unpaired) electrons. The maximum Gasteiger partial charge on any atom is 0.335 e. The van der Waals surface area contributed by atoms with E-state index in [9.17, 15) is 9.59 Å². The number of thiazole rings is 1. The first-order chi connectivity index (χ1) is 10.1. The number of amides is 1. The van der Waals surface area contributed by atoms with Gasteiger partial charge in [0.25, 0.3) is 5.91 Å². The highest BCUT2D eigenvalue weighted by molar-refractivity contribution is 7.12. The summed E-state index contributed by atoms with van der Waals surface area (Å²) in [5, 5.41) is 9.06. The van der Waals surface area contributed by atoms with E-state index in [0.29, 0.717) is 11.4 Å². The number of fused-ring (bicyclic) bond motifs is 1. The Morgan fingerprint density at radius 1 is 1.38 bits per heavy atom. The molecule has 0 spiro atoms. The summed E-state index contributed by atoms with van der Waals surface area (Å²) in [4.78, 5) is 30.2. The Morgan fingerprint density at radius 2 is 2.19 bits per heavy atom. The van der Waals surface area contributed by atoms with Crippen molar-refractivity contribution in [2.45, 2.75) is 19.8 Å². The van der Waals surface area contributed by atoms with E-state index in [1.54, 1.807) is 28.6 Å². The topological polar surface area (TPSA) is 70.5 Å². The van der Waals surface area contributed by atoms with Gasteiger partial charge in [0.15, 0.2) is 0 Å². The van der Waals surface area contributed by atoms with E-state index in [1.165, 1.54) is 11.3 Å². The number of carbonyl (C=O) groups excluding carboxylic acids is 1. The average molecular weight is 302 g/mol. The van der Waals surface area contributed by atoms with Crippen molar-refractivity contribution >= 4 is 28.9 Å². The van der Waals surface area contributed by atoms with Crippen LogP contribution in [0.25, 0.3) is 0 Å². The molecule has 2 aromatic rings. The summed E-state index contributed by atoms with van der Waals surface area (Å²) in [5.74, 6) is -1.00. The zero-order valence-corrected chi connectivity index (χ0v) is 12.3. The lowest BCUT2D eigenvalue weighted by Crippen LogP contribution is -2.35. The minimum absolute atomic E-state index is 0.0565. The first-order valence-electron chi connectivity index (χ1n) is 6.66. The molecule has 1 aliphatic heterocycles. The largest absolute Gasteiger partial charge is 0.478 e. The minimum Gasteiger partial charge on any atom is -0.478 e. The van der Waals surface area contributed by atoms with E-state index in [1.807, 2.05) is 6.92 Å². The molecular weight excluding hydrogens is 288 g/mol. The molecule has 108 valence electrons. The zero-order valence-electron chi connectivity index (χ0n) is 11.5. The van der Waals surface area contributed by atoms with Crippen LogP contribution in [0.2, 0.25) is 0 Å². The number of carboxylic acid groups (broad SMARTS) is 1. The molecule has 0 atom stereocenters. The van der Waals surface area contributed by atoms with Crippen LogP contribution < -0.4 is 4.90 Å². The number of hydrogen-bond acceptors (Lipinski definition) is 4. The Hall–Kier alpha value is -2.21. The molecule has 6 heteroatoms. The van der Waals surface area contributed by atoms with Crippen molar-refractivity contribution in [1.29, 1.82) is 0 Å². The average Bonchev–Trinajstić information content (AvgIpc) is 2.91. The lowest BCUT2D eigenvalue weighted by atomic mass is 9.99. The van der Waals surface area contributed by atoms with Gasteiger partial charge in [-0.2, -0.15) is 0 Å². The Morgan fingerprint density at radius 3 is 2.86 bits per heavy atom. The lowest BCUT2D eigenvalue weighted by molar-refractivity contribution is 0.0696. The van der Waals surface area contributed by atoms with Crippen LogP contribution in [0.4, 0.5) is 5.69 Å². The smallest absolute Gasteiger partial charge is 0.335 e. The Bertz CT molecular complexity index is 723. The lowest BCUT2D eigenvalue weighted by Gasteiger charge is -2.29. The second kappa shape index (κ2) is 5.29. The van der Waals surface area contributed by atoms with Crippen molar-refractivity contribution < 1.29 is 14.7 Å². The van der Waals surface area contributed by atoms with Crippen LogP contribution in [0, 0.1) is 6.92 Å². The fraction of sp³-hybridized carbons (Fsp3) is 0.267. The number of aromatic nitrogens is 1. The monoisotopic (exact) mass is 302 g/mol. The number of anilines is 1. The van der Waals surface area contributed by atoms with Gasteiger partial charge < -0.3 is 10.0 Å². The molecule has 2 heterocycles. The standard InChI is InChI=1S/C15H14N2O3S/c1-9-13(21-8-16-9)14(18)17-6-2-3-10-7-11(15(19)20)4-5-12(10)17/h4-5,7-8H,2-3,6H2,1H3,(H,19,20). The third-order valence-electron chi connectivity index (χ3n) is 3.63. The van der Waals surface area contributed by atoms with Gasteiger partial charge in [-0.1, -0.05) is 0 Å². The molecular formula is C15H14N2O3S. The number of hydrogen-bond donors (Lipinski definition) is 1. The van der Waals surface area contributed by atoms with E-state index in [0.717, 1.165) is 29.8 Å². The van der Waals surface area contributed by atoms with Crippen LogP contribution in [0.15, 0.2) is 23.7 Å². The van der Waals surface area contributed by atoms with Gasteiger partial charge in [0.05, 0.1) is 16.8 Å². The summed E-state index contributed by atoms with van der Waals surface area (Å²) in [5.41, 5.74) is 4.39. The van der Waals surface area contributed by atoms with Crippen molar-refractivity contribution in [2.75, 3.05) is 11.4 Å². The van der Waals surface area contributed by atoms with Crippen LogP contribution in [0.1, 0.15) is 37.7 Å². The molecule has 0 saturated carbocycles. The van der Waals surface area contributed by atoms with Gasteiger partial charge in [-0.3, -0.25) is 4.79 Å². The van der Waals surface area contributed by atoms with E-state index < -0.39 is 5.97 Å². The van der Waals surface area contributed by atoms with Gasteiger partial charge in [0.1, 0.15) is 4.88 Å². The van der Waals surface area contributed by atoms with Crippen molar-refractivity contribution in [1.82, 2.24) is 4.98 Å². The number of carboxylic acids is 1. The molecule has 0 unspecified atom stereocenters. The van der Waals surface area contributed by atoms with Gasteiger partial charge in [0.2, 0.25) is 0 Å². The summed E-state index contributed by atoms with van der Waals surface area (Å²) in [7, 11) is 0. The van der Waals surface area contributed by atoms with Gasteiger partial charge in [-0.05, 0) is 43.5 Å².